The van der Waals surface area contributed by atoms with Crippen molar-refractivity contribution in [3.05, 3.63) is 0 Å². The van der Waals surface area contributed by atoms with Gasteiger partial charge in [-0.3, -0.25) is 0 Å². The van der Waals surface area contributed by atoms with Gasteiger partial charge in [0.15, 0.2) is 0 Å². The Labute approximate surface area is 77.7 Å². The predicted octanol–water partition coefficient (Wildman–Crippen LogP) is -0.0269. The zero-order valence-electron chi connectivity index (χ0n) is 7.99. The van der Waals surface area contributed by atoms with Crippen LogP contribution in [0, 0.1) is 0 Å². The van der Waals surface area contributed by atoms with E-state index in [2.05, 4.69) is 5.32 Å². The first kappa shape index (κ1) is 10.3. The van der Waals surface area contributed by atoms with Gasteiger partial charge in [0.1, 0.15) is 0 Å². The number of methoxy groups -OCH3 is 1. The van der Waals surface area contributed by atoms with Gasteiger partial charge in [-0.1, -0.05) is 0 Å². The molecule has 1 saturated heterocycles. The Bertz CT molecular complexity index is 186. The highest BCUT2D eigenvalue weighted by molar-refractivity contribution is 5.65. The molecule has 13 heavy (non-hydrogen) atoms. The molecule has 1 aliphatic rings. The number of amides is 1. The lowest BCUT2D eigenvalue weighted by molar-refractivity contribution is 0.0791. The van der Waals surface area contributed by atoms with Crippen LogP contribution in [0.3, 0.4) is 0 Å². The number of nitrogens with zero attached hydrogens (tertiary/aromatic N) is 1. The minimum absolute atomic E-state index is 0.0469. The maximum atomic E-state index is 10.8. The first-order chi connectivity index (χ1) is 6.15. The third-order valence-corrected chi connectivity index (χ3v) is 2.26. The summed E-state index contributed by atoms with van der Waals surface area (Å²) in [6.07, 6.45) is -0.852. The van der Waals surface area contributed by atoms with E-state index >= 15 is 0 Å². The van der Waals surface area contributed by atoms with Crippen LogP contribution < -0.4 is 5.32 Å². The second-order valence-electron chi connectivity index (χ2n) is 3.34. The summed E-state index contributed by atoms with van der Waals surface area (Å²) in [4.78, 5) is 12.2. The molecule has 0 spiro atoms. The summed E-state index contributed by atoms with van der Waals surface area (Å²) in [5.74, 6) is 0. The van der Waals surface area contributed by atoms with Gasteiger partial charge in [-0.05, 0) is 6.92 Å². The number of ether oxygens (including phenoxy) is 1. The van der Waals surface area contributed by atoms with Crippen LogP contribution >= 0.6 is 0 Å². The highest BCUT2D eigenvalue weighted by atomic mass is 16.5. The number of nitrogens with one attached hydrogen (secondary N) is 1. The van der Waals surface area contributed by atoms with Crippen molar-refractivity contribution in [3.8, 4) is 0 Å². The SMILES string of the molecule is COCC1CN(C(=O)O)C(C)CN1. The van der Waals surface area contributed by atoms with Gasteiger partial charge in [-0.15, -0.1) is 0 Å². The van der Waals surface area contributed by atoms with Gasteiger partial charge in [0.2, 0.25) is 0 Å². The molecular formula is C8H16N2O3. The number of carboxylic acid groups (broad SMARTS) is 1. The van der Waals surface area contributed by atoms with Gasteiger partial charge in [-0.25, -0.2) is 4.79 Å². The molecular weight excluding hydrogens is 172 g/mol. The third kappa shape index (κ3) is 2.57. The molecule has 76 valence electrons. The number of hydrogen-bond acceptors (Lipinski definition) is 3. The van der Waals surface area contributed by atoms with E-state index in [1.54, 1.807) is 7.11 Å². The number of hydrogen-bond donors (Lipinski definition) is 2. The lowest BCUT2D eigenvalue weighted by Gasteiger charge is -2.36. The summed E-state index contributed by atoms with van der Waals surface area (Å²) >= 11 is 0. The zero-order valence-corrected chi connectivity index (χ0v) is 7.99. The molecule has 0 aliphatic carbocycles. The maximum absolute atomic E-state index is 10.8. The van der Waals surface area contributed by atoms with E-state index in [1.807, 2.05) is 6.92 Å². The zero-order chi connectivity index (χ0) is 9.84. The summed E-state index contributed by atoms with van der Waals surface area (Å²) in [5.41, 5.74) is 0. The molecule has 0 bridgehead atoms. The number of carbonyl (C=O) groups is 1. The van der Waals surface area contributed by atoms with Crippen LogP contribution in [-0.2, 0) is 4.74 Å². The molecule has 2 N–H and O–H groups in total. The summed E-state index contributed by atoms with van der Waals surface area (Å²) in [6.45, 7) is 3.64. The molecule has 2 atom stereocenters. The van der Waals surface area contributed by atoms with Crippen molar-refractivity contribution in [3.63, 3.8) is 0 Å². The Balaban J connectivity index is 2.47. The van der Waals surface area contributed by atoms with Crippen molar-refractivity contribution < 1.29 is 14.6 Å². The van der Waals surface area contributed by atoms with E-state index in [1.165, 1.54) is 4.90 Å². The normalized spacial score (nSPS) is 28.9. The van der Waals surface area contributed by atoms with Gasteiger partial charge in [0.05, 0.1) is 6.61 Å². The van der Waals surface area contributed by atoms with Gasteiger partial charge in [-0.2, -0.15) is 0 Å². The van der Waals surface area contributed by atoms with Crippen LogP contribution in [0.25, 0.3) is 0 Å². The molecule has 1 rings (SSSR count). The van der Waals surface area contributed by atoms with Crippen molar-refractivity contribution in [1.82, 2.24) is 10.2 Å². The minimum Gasteiger partial charge on any atom is -0.465 e. The topological polar surface area (TPSA) is 61.8 Å². The summed E-state index contributed by atoms with van der Waals surface area (Å²) in [7, 11) is 1.62. The lowest BCUT2D eigenvalue weighted by atomic mass is 10.1. The lowest BCUT2D eigenvalue weighted by Crippen LogP contribution is -2.58. The number of piperazine rings is 1. The molecule has 1 amide bonds. The second kappa shape index (κ2) is 4.43. The standard InChI is InChI=1S/C8H16N2O3/c1-6-3-9-7(5-13-2)4-10(6)8(11)12/h6-7,9H,3-5H2,1-2H3,(H,11,12). The minimum atomic E-state index is -0.852. The van der Waals surface area contributed by atoms with E-state index < -0.39 is 6.09 Å². The monoisotopic (exact) mass is 188 g/mol. The van der Waals surface area contributed by atoms with E-state index in [9.17, 15) is 4.79 Å². The molecule has 1 heterocycles. The van der Waals surface area contributed by atoms with Crippen molar-refractivity contribution in [2.75, 3.05) is 26.8 Å². The van der Waals surface area contributed by atoms with Crippen LogP contribution in [0.5, 0.6) is 0 Å². The van der Waals surface area contributed by atoms with Crippen molar-refractivity contribution in [1.29, 1.82) is 0 Å². The largest absolute Gasteiger partial charge is 0.465 e. The van der Waals surface area contributed by atoms with Gasteiger partial charge >= 0.3 is 6.09 Å². The molecule has 0 aromatic rings. The van der Waals surface area contributed by atoms with Crippen molar-refractivity contribution >= 4 is 6.09 Å². The Kier molecular flexibility index (Phi) is 3.50. The summed E-state index contributed by atoms with van der Waals surface area (Å²) in [6, 6.07) is 0.169. The van der Waals surface area contributed by atoms with E-state index in [-0.39, 0.29) is 12.1 Å². The summed E-state index contributed by atoms with van der Waals surface area (Å²) < 4.78 is 4.96. The molecule has 0 saturated carbocycles. The average molecular weight is 188 g/mol. The van der Waals surface area contributed by atoms with Crippen LogP contribution in [0.15, 0.2) is 0 Å². The third-order valence-electron chi connectivity index (χ3n) is 2.26. The molecule has 1 aliphatic heterocycles. The first-order valence-corrected chi connectivity index (χ1v) is 4.37. The molecule has 0 aromatic heterocycles. The Morgan fingerprint density at radius 2 is 2.46 bits per heavy atom. The average Bonchev–Trinajstić information content (AvgIpc) is 2.08. The van der Waals surface area contributed by atoms with Gasteiger partial charge in [0.25, 0.3) is 0 Å². The molecule has 0 radical (unpaired) electrons. The van der Waals surface area contributed by atoms with E-state index in [4.69, 9.17) is 9.84 Å². The maximum Gasteiger partial charge on any atom is 0.407 e. The Morgan fingerprint density at radius 3 is 3.00 bits per heavy atom. The van der Waals surface area contributed by atoms with Crippen molar-refractivity contribution in [2.24, 2.45) is 0 Å². The molecule has 1 fully saturated rings. The fraction of sp³-hybridized carbons (Fsp3) is 0.875. The predicted molar refractivity (Wildman–Crippen MR) is 47.9 cm³/mol. The van der Waals surface area contributed by atoms with Crippen LogP contribution in [-0.4, -0.2) is 55.0 Å². The quantitative estimate of drug-likeness (QED) is 0.639. The second-order valence-corrected chi connectivity index (χ2v) is 3.34. The molecule has 5 nitrogen and oxygen atoms in total. The molecule has 0 aromatic carbocycles. The fourth-order valence-electron chi connectivity index (χ4n) is 1.51. The molecule has 5 heteroatoms. The Morgan fingerprint density at radius 1 is 1.77 bits per heavy atom. The van der Waals surface area contributed by atoms with Gasteiger partial charge < -0.3 is 20.1 Å². The van der Waals surface area contributed by atoms with Crippen LogP contribution in [0.2, 0.25) is 0 Å². The highest BCUT2D eigenvalue weighted by Crippen LogP contribution is 2.06. The first-order valence-electron chi connectivity index (χ1n) is 4.37. The van der Waals surface area contributed by atoms with Gasteiger partial charge in [0, 0.05) is 32.3 Å². The van der Waals surface area contributed by atoms with Crippen molar-refractivity contribution in [2.45, 2.75) is 19.0 Å². The summed E-state index contributed by atoms with van der Waals surface area (Å²) in [5, 5.41) is 12.1. The van der Waals surface area contributed by atoms with E-state index in [0.29, 0.717) is 19.7 Å². The van der Waals surface area contributed by atoms with Crippen LogP contribution in [0.4, 0.5) is 4.79 Å². The Hall–Kier alpha value is -0.810. The fourth-order valence-corrected chi connectivity index (χ4v) is 1.51. The smallest absolute Gasteiger partial charge is 0.407 e. The highest BCUT2D eigenvalue weighted by Gasteiger charge is 2.27. The van der Waals surface area contributed by atoms with E-state index in [0.717, 1.165) is 0 Å². The molecule has 2 unspecified atom stereocenters. The number of rotatable bonds is 2. The van der Waals surface area contributed by atoms with Crippen LogP contribution in [0.1, 0.15) is 6.92 Å².